The van der Waals surface area contributed by atoms with Crippen molar-refractivity contribution in [1.29, 1.82) is 0 Å². The van der Waals surface area contributed by atoms with E-state index in [4.69, 9.17) is 13.9 Å². The predicted molar refractivity (Wildman–Crippen MR) is 97.5 cm³/mol. The standard InChI is InChI=1S/C20H20O5/c1-5-6-12-7-14-11(2)19(25-20(14)17(8-12)24-4)13-9-15(21)18(22)16(10-13)23-3/h5-10,21-22H,1-4H3. The molecular weight excluding hydrogens is 320 g/mol. The molecule has 5 nitrogen and oxygen atoms in total. The fourth-order valence-electron chi connectivity index (χ4n) is 2.90. The second-order valence-electron chi connectivity index (χ2n) is 5.70. The summed E-state index contributed by atoms with van der Waals surface area (Å²) in [6, 6.07) is 7.00. The summed E-state index contributed by atoms with van der Waals surface area (Å²) in [5.74, 6) is 0.828. The van der Waals surface area contributed by atoms with Crippen molar-refractivity contribution in [3.63, 3.8) is 0 Å². The molecule has 0 saturated heterocycles. The molecule has 0 aliphatic heterocycles. The Balaban J connectivity index is 2.28. The van der Waals surface area contributed by atoms with E-state index in [0.717, 1.165) is 16.5 Å². The minimum Gasteiger partial charge on any atom is -0.504 e. The number of hydrogen-bond donors (Lipinski definition) is 2. The first-order valence-electron chi connectivity index (χ1n) is 7.84. The number of fused-ring (bicyclic) bond motifs is 1. The van der Waals surface area contributed by atoms with Crippen LogP contribution in [-0.2, 0) is 0 Å². The molecule has 0 saturated carbocycles. The van der Waals surface area contributed by atoms with E-state index in [9.17, 15) is 10.2 Å². The van der Waals surface area contributed by atoms with Crippen molar-refractivity contribution < 1.29 is 24.1 Å². The van der Waals surface area contributed by atoms with Gasteiger partial charge in [0.15, 0.2) is 22.8 Å². The molecule has 0 aliphatic rings. The molecule has 1 aromatic heterocycles. The van der Waals surface area contributed by atoms with Gasteiger partial charge in [-0.15, -0.1) is 0 Å². The Kier molecular flexibility index (Phi) is 4.31. The normalized spacial score (nSPS) is 11.4. The second kappa shape index (κ2) is 6.43. The molecule has 0 radical (unpaired) electrons. The van der Waals surface area contributed by atoms with E-state index in [2.05, 4.69) is 0 Å². The summed E-state index contributed by atoms with van der Waals surface area (Å²) >= 11 is 0. The molecule has 0 amide bonds. The van der Waals surface area contributed by atoms with Crippen molar-refractivity contribution >= 4 is 17.0 Å². The molecule has 3 rings (SSSR count). The first kappa shape index (κ1) is 16.8. The first-order valence-corrected chi connectivity index (χ1v) is 7.84. The molecule has 1 heterocycles. The van der Waals surface area contributed by atoms with Gasteiger partial charge in [0, 0.05) is 16.5 Å². The summed E-state index contributed by atoms with van der Waals surface area (Å²) in [6.07, 6.45) is 3.95. The lowest BCUT2D eigenvalue weighted by atomic mass is 10.0. The molecule has 0 fully saturated rings. The summed E-state index contributed by atoms with van der Waals surface area (Å²) in [6.45, 7) is 3.90. The lowest BCUT2D eigenvalue weighted by Gasteiger charge is -2.07. The van der Waals surface area contributed by atoms with Gasteiger partial charge < -0.3 is 24.1 Å². The van der Waals surface area contributed by atoms with E-state index in [1.54, 1.807) is 13.2 Å². The van der Waals surface area contributed by atoms with Crippen LogP contribution in [0.25, 0.3) is 28.4 Å². The van der Waals surface area contributed by atoms with E-state index in [0.29, 0.717) is 22.7 Å². The summed E-state index contributed by atoms with van der Waals surface area (Å²) in [4.78, 5) is 0. The maximum absolute atomic E-state index is 9.95. The molecule has 2 aromatic carbocycles. The number of phenolic OH excluding ortho intramolecular Hbond substituents is 2. The summed E-state index contributed by atoms with van der Waals surface area (Å²) in [7, 11) is 3.03. The number of hydrogen-bond acceptors (Lipinski definition) is 5. The monoisotopic (exact) mass is 340 g/mol. The van der Waals surface area contributed by atoms with E-state index in [1.165, 1.54) is 13.2 Å². The SMILES string of the molecule is CC=Cc1cc(OC)c2oc(-c3cc(O)c(O)c(OC)c3)c(C)c2c1. The maximum atomic E-state index is 9.95. The van der Waals surface area contributed by atoms with Crippen molar-refractivity contribution in [3.8, 4) is 34.3 Å². The predicted octanol–water partition coefficient (Wildman–Crippen LogP) is 4.87. The molecule has 0 aliphatic carbocycles. The molecular formula is C20H20O5. The molecule has 3 aromatic rings. The highest BCUT2D eigenvalue weighted by atomic mass is 16.5. The zero-order valence-corrected chi connectivity index (χ0v) is 14.6. The van der Waals surface area contributed by atoms with Gasteiger partial charge in [-0.1, -0.05) is 12.2 Å². The van der Waals surface area contributed by atoms with Gasteiger partial charge in [0.25, 0.3) is 0 Å². The third kappa shape index (κ3) is 2.78. The third-order valence-corrected chi connectivity index (χ3v) is 4.14. The van der Waals surface area contributed by atoms with Crippen molar-refractivity contribution in [2.24, 2.45) is 0 Å². The number of aromatic hydroxyl groups is 2. The number of rotatable bonds is 4. The zero-order chi connectivity index (χ0) is 18.1. The van der Waals surface area contributed by atoms with E-state index in [-0.39, 0.29) is 17.2 Å². The molecule has 25 heavy (non-hydrogen) atoms. The molecule has 0 atom stereocenters. The molecule has 0 bridgehead atoms. The summed E-state index contributed by atoms with van der Waals surface area (Å²) in [5.41, 5.74) is 3.16. The Hall–Kier alpha value is -3.08. The van der Waals surface area contributed by atoms with Crippen LogP contribution in [0.2, 0.25) is 0 Å². The number of benzene rings is 2. The van der Waals surface area contributed by atoms with Gasteiger partial charge in [-0.3, -0.25) is 0 Å². The number of aryl methyl sites for hydroxylation is 1. The number of ether oxygens (including phenoxy) is 2. The van der Waals surface area contributed by atoms with Crippen LogP contribution < -0.4 is 9.47 Å². The van der Waals surface area contributed by atoms with Crippen molar-refractivity contribution in [2.75, 3.05) is 14.2 Å². The Morgan fingerprint density at radius 1 is 1.00 bits per heavy atom. The van der Waals surface area contributed by atoms with Crippen molar-refractivity contribution in [3.05, 3.63) is 41.5 Å². The van der Waals surface area contributed by atoms with Gasteiger partial charge in [-0.05, 0) is 43.7 Å². The highest BCUT2D eigenvalue weighted by Crippen LogP contribution is 2.44. The Morgan fingerprint density at radius 3 is 2.36 bits per heavy atom. The summed E-state index contributed by atoms with van der Waals surface area (Å²) < 4.78 is 16.6. The minimum atomic E-state index is -0.298. The fourth-order valence-corrected chi connectivity index (χ4v) is 2.90. The van der Waals surface area contributed by atoms with Gasteiger partial charge in [-0.2, -0.15) is 0 Å². The Bertz CT molecular complexity index is 966. The minimum absolute atomic E-state index is 0.177. The lowest BCUT2D eigenvalue weighted by molar-refractivity contribution is 0.351. The van der Waals surface area contributed by atoms with Crippen LogP contribution in [0.1, 0.15) is 18.1 Å². The van der Waals surface area contributed by atoms with Crippen LogP contribution in [0.5, 0.6) is 23.0 Å². The van der Waals surface area contributed by atoms with Gasteiger partial charge in [0.2, 0.25) is 5.75 Å². The van der Waals surface area contributed by atoms with Gasteiger partial charge >= 0.3 is 0 Å². The van der Waals surface area contributed by atoms with Gasteiger partial charge in [0.05, 0.1) is 14.2 Å². The van der Waals surface area contributed by atoms with Crippen molar-refractivity contribution in [1.82, 2.24) is 0 Å². The van der Waals surface area contributed by atoms with E-state index in [1.807, 2.05) is 38.1 Å². The third-order valence-electron chi connectivity index (χ3n) is 4.14. The van der Waals surface area contributed by atoms with Crippen LogP contribution in [-0.4, -0.2) is 24.4 Å². The van der Waals surface area contributed by atoms with Crippen LogP contribution in [0.15, 0.2) is 34.8 Å². The lowest BCUT2D eigenvalue weighted by Crippen LogP contribution is -1.86. The van der Waals surface area contributed by atoms with Gasteiger partial charge in [-0.25, -0.2) is 0 Å². The van der Waals surface area contributed by atoms with Crippen LogP contribution in [0.4, 0.5) is 0 Å². The van der Waals surface area contributed by atoms with Crippen molar-refractivity contribution in [2.45, 2.75) is 13.8 Å². The molecule has 130 valence electrons. The number of furan rings is 1. The smallest absolute Gasteiger partial charge is 0.200 e. The van der Waals surface area contributed by atoms with E-state index >= 15 is 0 Å². The summed E-state index contributed by atoms with van der Waals surface area (Å²) in [5, 5.41) is 20.7. The van der Waals surface area contributed by atoms with Crippen LogP contribution in [0.3, 0.4) is 0 Å². The molecule has 2 N–H and O–H groups in total. The number of allylic oxidation sites excluding steroid dienone is 1. The van der Waals surface area contributed by atoms with E-state index < -0.39 is 0 Å². The topological polar surface area (TPSA) is 72.1 Å². The van der Waals surface area contributed by atoms with Crippen LogP contribution in [0, 0.1) is 6.92 Å². The molecule has 0 unspecified atom stereocenters. The largest absolute Gasteiger partial charge is 0.504 e. The Morgan fingerprint density at radius 2 is 1.72 bits per heavy atom. The Labute approximate surface area is 145 Å². The number of phenols is 2. The average Bonchev–Trinajstić information content (AvgIpc) is 2.94. The highest BCUT2D eigenvalue weighted by molar-refractivity contribution is 5.93. The van der Waals surface area contributed by atoms with Gasteiger partial charge in [0.1, 0.15) is 5.76 Å². The average molecular weight is 340 g/mol. The first-order chi connectivity index (χ1) is 12.0. The highest BCUT2D eigenvalue weighted by Gasteiger charge is 2.19. The maximum Gasteiger partial charge on any atom is 0.200 e. The second-order valence-corrected chi connectivity index (χ2v) is 5.70. The zero-order valence-electron chi connectivity index (χ0n) is 14.6. The fraction of sp³-hybridized carbons (Fsp3) is 0.200. The number of methoxy groups -OCH3 is 2. The van der Waals surface area contributed by atoms with Crippen LogP contribution >= 0.6 is 0 Å². The molecule has 5 heteroatoms. The molecule has 0 spiro atoms. The quantitative estimate of drug-likeness (QED) is 0.663.